The number of carbonyl (C=O) groups excluding carboxylic acids is 1. The summed E-state index contributed by atoms with van der Waals surface area (Å²) in [4.78, 5) is 12.4. The number of anilines is 2. The van der Waals surface area contributed by atoms with E-state index < -0.39 is 0 Å². The van der Waals surface area contributed by atoms with Crippen LogP contribution in [0.1, 0.15) is 29.2 Å². The second-order valence-corrected chi connectivity index (χ2v) is 8.12. The molecule has 0 aromatic heterocycles. The number of amides is 1. The molecule has 2 N–H and O–H groups in total. The normalized spacial score (nSPS) is 10.5. The molecule has 32 heavy (non-hydrogen) atoms. The first-order valence-electron chi connectivity index (χ1n) is 10.6. The average molecular weight is 453 g/mol. The van der Waals surface area contributed by atoms with Gasteiger partial charge in [0.2, 0.25) is 0 Å². The maximum absolute atomic E-state index is 12.4. The number of ether oxygens (including phenoxy) is 2. The predicted octanol–water partition coefficient (Wildman–Crippen LogP) is 6.29. The quantitative estimate of drug-likeness (QED) is 0.400. The van der Waals surface area contributed by atoms with E-state index in [0.29, 0.717) is 29.7 Å². The summed E-state index contributed by atoms with van der Waals surface area (Å²) < 4.78 is 11.5. The SMILES string of the molecule is CCOc1cc(CNc2cc(Cl)ccc2C)ccc1OCC(=O)Nc1ccc(C)cc1C. The van der Waals surface area contributed by atoms with E-state index in [0.717, 1.165) is 33.6 Å². The van der Waals surface area contributed by atoms with Crippen LogP contribution in [-0.4, -0.2) is 19.1 Å². The second-order valence-electron chi connectivity index (χ2n) is 7.68. The van der Waals surface area contributed by atoms with Gasteiger partial charge in [-0.25, -0.2) is 0 Å². The van der Waals surface area contributed by atoms with E-state index in [1.165, 1.54) is 0 Å². The van der Waals surface area contributed by atoms with Crippen LogP contribution in [0.4, 0.5) is 11.4 Å². The van der Waals surface area contributed by atoms with Crippen LogP contribution in [0, 0.1) is 20.8 Å². The van der Waals surface area contributed by atoms with Gasteiger partial charge in [0.15, 0.2) is 18.1 Å². The first-order valence-corrected chi connectivity index (χ1v) is 11.0. The highest BCUT2D eigenvalue weighted by molar-refractivity contribution is 6.30. The zero-order valence-corrected chi connectivity index (χ0v) is 19.7. The lowest BCUT2D eigenvalue weighted by Crippen LogP contribution is -2.21. The molecule has 168 valence electrons. The van der Waals surface area contributed by atoms with Crippen molar-refractivity contribution in [3.63, 3.8) is 0 Å². The van der Waals surface area contributed by atoms with E-state index in [9.17, 15) is 4.79 Å². The molecule has 0 atom stereocenters. The van der Waals surface area contributed by atoms with Gasteiger partial charge < -0.3 is 20.1 Å². The first-order chi connectivity index (χ1) is 15.4. The van der Waals surface area contributed by atoms with Crippen LogP contribution >= 0.6 is 11.6 Å². The minimum absolute atomic E-state index is 0.104. The summed E-state index contributed by atoms with van der Waals surface area (Å²) in [6.07, 6.45) is 0. The minimum atomic E-state index is -0.221. The number of hydrogen-bond donors (Lipinski definition) is 2. The molecule has 3 aromatic carbocycles. The van der Waals surface area contributed by atoms with Crippen molar-refractivity contribution >= 4 is 28.9 Å². The number of rotatable bonds is 9. The summed E-state index contributed by atoms with van der Waals surface area (Å²) in [7, 11) is 0. The third-order valence-corrected chi connectivity index (χ3v) is 5.24. The van der Waals surface area contributed by atoms with E-state index in [-0.39, 0.29) is 12.5 Å². The third-order valence-electron chi connectivity index (χ3n) is 5.01. The molecule has 6 heteroatoms. The Morgan fingerprint density at radius 1 is 0.875 bits per heavy atom. The second kappa shape index (κ2) is 10.9. The highest BCUT2D eigenvalue weighted by atomic mass is 35.5. The summed E-state index contributed by atoms with van der Waals surface area (Å²) in [6.45, 7) is 8.93. The van der Waals surface area contributed by atoms with Crippen molar-refractivity contribution in [2.75, 3.05) is 23.8 Å². The van der Waals surface area contributed by atoms with Crippen molar-refractivity contribution < 1.29 is 14.3 Å². The lowest BCUT2D eigenvalue weighted by atomic mass is 10.1. The Balaban J connectivity index is 1.63. The van der Waals surface area contributed by atoms with Crippen molar-refractivity contribution in [2.24, 2.45) is 0 Å². The molecule has 0 radical (unpaired) electrons. The van der Waals surface area contributed by atoms with Crippen LogP contribution in [0.25, 0.3) is 0 Å². The van der Waals surface area contributed by atoms with Crippen LogP contribution in [0.15, 0.2) is 54.6 Å². The lowest BCUT2D eigenvalue weighted by Gasteiger charge is -2.15. The van der Waals surface area contributed by atoms with Crippen LogP contribution in [0.3, 0.4) is 0 Å². The van der Waals surface area contributed by atoms with Gasteiger partial charge in [0.25, 0.3) is 5.91 Å². The van der Waals surface area contributed by atoms with E-state index in [1.807, 2.05) is 82.3 Å². The van der Waals surface area contributed by atoms with Gasteiger partial charge >= 0.3 is 0 Å². The summed E-state index contributed by atoms with van der Waals surface area (Å²) in [5.74, 6) is 0.917. The first kappa shape index (κ1) is 23.5. The van der Waals surface area contributed by atoms with Crippen molar-refractivity contribution in [3.05, 3.63) is 81.9 Å². The Hall–Kier alpha value is -3.18. The van der Waals surface area contributed by atoms with Gasteiger partial charge in [-0.15, -0.1) is 0 Å². The highest BCUT2D eigenvalue weighted by Crippen LogP contribution is 2.29. The molecular formula is C26H29ClN2O3. The average Bonchev–Trinajstić information content (AvgIpc) is 2.76. The van der Waals surface area contributed by atoms with Crippen molar-refractivity contribution in [1.82, 2.24) is 0 Å². The fraction of sp³-hybridized carbons (Fsp3) is 0.269. The molecule has 0 aliphatic heterocycles. The van der Waals surface area contributed by atoms with Crippen LogP contribution in [0.5, 0.6) is 11.5 Å². The number of benzene rings is 3. The maximum atomic E-state index is 12.4. The highest BCUT2D eigenvalue weighted by Gasteiger charge is 2.11. The van der Waals surface area contributed by atoms with E-state index in [1.54, 1.807) is 0 Å². The Morgan fingerprint density at radius 2 is 1.69 bits per heavy atom. The summed E-state index contributed by atoms with van der Waals surface area (Å²) >= 11 is 6.10. The fourth-order valence-electron chi connectivity index (χ4n) is 3.32. The van der Waals surface area contributed by atoms with Gasteiger partial charge in [-0.1, -0.05) is 41.4 Å². The van der Waals surface area contributed by atoms with E-state index in [4.69, 9.17) is 21.1 Å². The molecule has 0 spiro atoms. The minimum Gasteiger partial charge on any atom is -0.490 e. The molecule has 0 heterocycles. The van der Waals surface area contributed by atoms with E-state index >= 15 is 0 Å². The largest absolute Gasteiger partial charge is 0.490 e. The molecule has 0 aliphatic rings. The van der Waals surface area contributed by atoms with Gasteiger partial charge in [-0.2, -0.15) is 0 Å². The summed E-state index contributed by atoms with van der Waals surface area (Å²) in [6, 6.07) is 17.4. The predicted molar refractivity (Wildman–Crippen MR) is 131 cm³/mol. The van der Waals surface area contributed by atoms with Gasteiger partial charge in [-0.3, -0.25) is 4.79 Å². The fourth-order valence-corrected chi connectivity index (χ4v) is 3.49. The molecule has 1 amide bonds. The van der Waals surface area contributed by atoms with Crippen molar-refractivity contribution in [2.45, 2.75) is 34.2 Å². The third kappa shape index (κ3) is 6.41. The molecule has 0 saturated carbocycles. The lowest BCUT2D eigenvalue weighted by molar-refractivity contribution is -0.118. The number of halogens is 1. The number of nitrogens with one attached hydrogen (secondary N) is 2. The molecule has 0 aliphatic carbocycles. The topological polar surface area (TPSA) is 59.6 Å². The van der Waals surface area contributed by atoms with Crippen molar-refractivity contribution in [3.8, 4) is 11.5 Å². The molecule has 0 fully saturated rings. The summed E-state index contributed by atoms with van der Waals surface area (Å²) in [5.41, 5.74) is 6.08. The van der Waals surface area contributed by atoms with Crippen LogP contribution < -0.4 is 20.1 Å². The molecule has 3 rings (SSSR count). The summed E-state index contributed by atoms with van der Waals surface area (Å²) in [5, 5.41) is 6.98. The number of aryl methyl sites for hydroxylation is 3. The van der Waals surface area contributed by atoms with Gasteiger partial charge in [0, 0.05) is 22.9 Å². The molecule has 5 nitrogen and oxygen atoms in total. The Bertz CT molecular complexity index is 1100. The molecular weight excluding hydrogens is 424 g/mol. The van der Waals surface area contributed by atoms with Crippen molar-refractivity contribution in [1.29, 1.82) is 0 Å². The Kier molecular flexibility index (Phi) is 8.01. The number of hydrogen-bond acceptors (Lipinski definition) is 4. The zero-order valence-electron chi connectivity index (χ0n) is 18.9. The standard InChI is InChI=1S/C26H29ClN2O3/c1-5-31-25-13-20(15-28-23-14-21(27)9-7-18(23)3)8-11-24(25)32-16-26(30)29-22-10-6-17(2)12-19(22)4/h6-14,28H,5,15-16H2,1-4H3,(H,29,30). The van der Waals surface area contributed by atoms with Crippen LogP contribution in [-0.2, 0) is 11.3 Å². The maximum Gasteiger partial charge on any atom is 0.262 e. The monoisotopic (exact) mass is 452 g/mol. The molecule has 0 saturated heterocycles. The molecule has 0 bridgehead atoms. The molecule has 3 aromatic rings. The smallest absolute Gasteiger partial charge is 0.262 e. The van der Waals surface area contributed by atoms with Crippen LogP contribution in [0.2, 0.25) is 5.02 Å². The van der Waals surface area contributed by atoms with Gasteiger partial charge in [-0.05, 0) is 74.7 Å². The Labute approximate surface area is 194 Å². The zero-order chi connectivity index (χ0) is 23.1. The van der Waals surface area contributed by atoms with Gasteiger partial charge in [0.1, 0.15) is 0 Å². The molecule has 0 unspecified atom stereocenters. The Morgan fingerprint density at radius 3 is 2.44 bits per heavy atom. The van der Waals surface area contributed by atoms with Gasteiger partial charge in [0.05, 0.1) is 6.61 Å². The number of carbonyl (C=O) groups is 1. The van der Waals surface area contributed by atoms with E-state index in [2.05, 4.69) is 10.6 Å².